The SMILES string of the molecule is Cc1nc(-c2ccccc2)ccc1C(=O)NCC(O)c1cccc(F)c1. The number of benzene rings is 2. The molecular weight excluding hydrogens is 331 g/mol. The molecule has 0 saturated heterocycles. The number of halogens is 1. The van der Waals surface area contributed by atoms with E-state index in [2.05, 4.69) is 10.3 Å². The van der Waals surface area contributed by atoms with E-state index in [1.165, 1.54) is 18.2 Å². The second-order valence-corrected chi connectivity index (χ2v) is 5.98. The van der Waals surface area contributed by atoms with E-state index in [1.54, 1.807) is 25.1 Å². The number of carbonyl (C=O) groups excluding carboxylic acids is 1. The highest BCUT2D eigenvalue weighted by atomic mass is 19.1. The third kappa shape index (κ3) is 4.13. The van der Waals surface area contributed by atoms with Gasteiger partial charge in [-0.15, -0.1) is 0 Å². The number of aromatic nitrogens is 1. The van der Waals surface area contributed by atoms with Crippen LogP contribution in [0.4, 0.5) is 4.39 Å². The molecule has 1 unspecified atom stereocenters. The van der Waals surface area contributed by atoms with Crippen LogP contribution in [-0.4, -0.2) is 22.5 Å². The molecule has 132 valence electrons. The van der Waals surface area contributed by atoms with Crippen LogP contribution in [0.3, 0.4) is 0 Å². The molecule has 0 spiro atoms. The number of hydrogen-bond acceptors (Lipinski definition) is 3. The van der Waals surface area contributed by atoms with E-state index in [0.717, 1.165) is 11.3 Å². The summed E-state index contributed by atoms with van der Waals surface area (Å²) < 4.78 is 13.2. The molecule has 0 aliphatic carbocycles. The molecule has 2 N–H and O–H groups in total. The van der Waals surface area contributed by atoms with Gasteiger partial charge in [-0.05, 0) is 36.8 Å². The van der Waals surface area contributed by atoms with Crippen LogP contribution < -0.4 is 5.32 Å². The fraction of sp³-hybridized carbons (Fsp3) is 0.143. The van der Waals surface area contributed by atoms with Crippen molar-refractivity contribution in [2.75, 3.05) is 6.54 Å². The summed E-state index contributed by atoms with van der Waals surface area (Å²) in [6.45, 7) is 1.76. The molecule has 2 aromatic carbocycles. The van der Waals surface area contributed by atoms with Crippen LogP contribution in [0.5, 0.6) is 0 Å². The lowest BCUT2D eigenvalue weighted by molar-refractivity contribution is 0.0915. The summed E-state index contributed by atoms with van der Waals surface area (Å²) in [5.41, 5.74) is 3.23. The highest BCUT2D eigenvalue weighted by molar-refractivity contribution is 5.95. The Hall–Kier alpha value is -3.05. The Morgan fingerprint density at radius 3 is 2.58 bits per heavy atom. The molecule has 0 radical (unpaired) electrons. The number of nitrogens with one attached hydrogen (secondary N) is 1. The maximum atomic E-state index is 13.2. The van der Waals surface area contributed by atoms with Gasteiger partial charge in [-0.25, -0.2) is 4.39 Å². The maximum absolute atomic E-state index is 13.2. The lowest BCUT2D eigenvalue weighted by Gasteiger charge is -2.13. The molecule has 0 bridgehead atoms. The van der Waals surface area contributed by atoms with Crippen molar-refractivity contribution in [1.29, 1.82) is 0 Å². The molecule has 0 aliphatic heterocycles. The molecular formula is C21H19FN2O2. The summed E-state index contributed by atoms with van der Waals surface area (Å²) >= 11 is 0. The Balaban J connectivity index is 1.68. The minimum absolute atomic E-state index is 0.0117. The zero-order chi connectivity index (χ0) is 18.5. The van der Waals surface area contributed by atoms with Crippen molar-refractivity contribution in [3.05, 3.63) is 89.4 Å². The summed E-state index contributed by atoms with van der Waals surface area (Å²) in [6, 6.07) is 18.9. The molecule has 1 atom stereocenters. The van der Waals surface area contributed by atoms with Gasteiger partial charge in [0.2, 0.25) is 0 Å². The first-order chi connectivity index (χ1) is 12.5. The first kappa shape index (κ1) is 17.8. The molecule has 0 aliphatic rings. The Labute approximate surface area is 151 Å². The number of pyridine rings is 1. The smallest absolute Gasteiger partial charge is 0.253 e. The van der Waals surface area contributed by atoms with Crippen molar-refractivity contribution in [3.63, 3.8) is 0 Å². The number of carbonyl (C=O) groups is 1. The van der Waals surface area contributed by atoms with Gasteiger partial charge >= 0.3 is 0 Å². The van der Waals surface area contributed by atoms with E-state index in [-0.39, 0.29) is 12.5 Å². The normalized spacial score (nSPS) is 11.8. The van der Waals surface area contributed by atoms with Gasteiger partial charge < -0.3 is 10.4 Å². The van der Waals surface area contributed by atoms with Gasteiger partial charge in [0.15, 0.2) is 0 Å². The van der Waals surface area contributed by atoms with E-state index in [0.29, 0.717) is 16.8 Å². The Morgan fingerprint density at radius 1 is 1.12 bits per heavy atom. The van der Waals surface area contributed by atoms with Crippen LogP contribution in [0, 0.1) is 12.7 Å². The largest absolute Gasteiger partial charge is 0.387 e. The summed E-state index contributed by atoms with van der Waals surface area (Å²) in [6.07, 6.45) is -0.980. The molecule has 3 aromatic rings. The van der Waals surface area contributed by atoms with E-state index in [4.69, 9.17) is 0 Å². The van der Waals surface area contributed by atoms with Crippen molar-refractivity contribution in [3.8, 4) is 11.3 Å². The minimum atomic E-state index is -0.980. The number of amides is 1. The van der Waals surface area contributed by atoms with Crippen molar-refractivity contribution in [2.45, 2.75) is 13.0 Å². The zero-order valence-corrected chi connectivity index (χ0v) is 14.3. The fourth-order valence-electron chi connectivity index (χ4n) is 2.69. The van der Waals surface area contributed by atoms with E-state index in [9.17, 15) is 14.3 Å². The van der Waals surface area contributed by atoms with E-state index < -0.39 is 11.9 Å². The molecule has 1 heterocycles. The summed E-state index contributed by atoms with van der Waals surface area (Å²) in [7, 11) is 0. The quantitative estimate of drug-likeness (QED) is 0.738. The molecule has 4 nitrogen and oxygen atoms in total. The average molecular weight is 350 g/mol. The number of nitrogens with zero attached hydrogens (tertiary/aromatic N) is 1. The number of hydrogen-bond donors (Lipinski definition) is 2. The molecule has 5 heteroatoms. The van der Waals surface area contributed by atoms with Crippen molar-refractivity contribution in [1.82, 2.24) is 10.3 Å². The Bertz CT molecular complexity index is 913. The summed E-state index contributed by atoms with van der Waals surface area (Å²) in [5.74, 6) is -0.755. The van der Waals surface area contributed by atoms with Crippen molar-refractivity contribution >= 4 is 5.91 Å². The highest BCUT2D eigenvalue weighted by Gasteiger charge is 2.14. The topological polar surface area (TPSA) is 62.2 Å². The molecule has 26 heavy (non-hydrogen) atoms. The van der Waals surface area contributed by atoms with Crippen LogP contribution in [0.15, 0.2) is 66.7 Å². The lowest BCUT2D eigenvalue weighted by atomic mass is 10.1. The molecule has 1 amide bonds. The predicted molar refractivity (Wildman–Crippen MR) is 98.1 cm³/mol. The van der Waals surface area contributed by atoms with Gasteiger partial charge in [-0.3, -0.25) is 9.78 Å². The van der Waals surface area contributed by atoms with Crippen molar-refractivity contribution < 1.29 is 14.3 Å². The molecule has 1 aromatic heterocycles. The zero-order valence-electron chi connectivity index (χ0n) is 14.3. The maximum Gasteiger partial charge on any atom is 0.253 e. The van der Waals surface area contributed by atoms with Gasteiger partial charge in [-0.1, -0.05) is 42.5 Å². The first-order valence-electron chi connectivity index (χ1n) is 8.29. The number of rotatable bonds is 5. The average Bonchev–Trinajstić information content (AvgIpc) is 2.66. The van der Waals surface area contributed by atoms with E-state index in [1.807, 2.05) is 30.3 Å². The molecule has 0 saturated carbocycles. The molecule has 0 fully saturated rings. The highest BCUT2D eigenvalue weighted by Crippen LogP contribution is 2.19. The van der Waals surface area contributed by atoms with Crippen LogP contribution in [0.1, 0.15) is 27.7 Å². The van der Waals surface area contributed by atoms with Crippen LogP contribution in [-0.2, 0) is 0 Å². The third-order valence-corrected chi connectivity index (χ3v) is 4.09. The predicted octanol–water partition coefficient (Wildman–Crippen LogP) is 3.66. The van der Waals surface area contributed by atoms with Gasteiger partial charge in [0.05, 0.1) is 23.1 Å². The summed E-state index contributed by atoms with van der Waals surface area (Å²) in [5, 5.41) is 12.8. The van der Waals surface area contributed by atoms with E-state index >= 15 is 0 Å². The standard InChI is InChI=1S/C21H19FN2O2/c1-14-18(10-11-19(24-14)15-6-3-2-4-7-15)21(26)23-13-20(25)16-8-5-9-17(22)12-16/h2-12,20,25H,13H2,1H3,(H,23,26). The third-order valence-electron chi connectivity index (χ3n) is 4.09. The first-order valence-corrected chi connectivity index (χ1v) is 8.29. The van der Waals surface area contributed by atoms with Crippen molar-refractivity contribution in [2.24, 2.45) is 0 Å². The lowest BCUT2D eigenvalue weighted by Crippen LogP contribution is -2.29. The van der Waals surface area contributed by atoms with Crippen LogP contribution in [0.2, 0.25) is 0 Å². The van der Waals surface area contributed by atoms with Gasteiger partial charge in [-0.2, -0.15) is 0 Å². The summed E-state index contributed by atoms with van der Waals surface area (Å²) in [4.78, 5) is 16.9. The van der Waals surface area contributed by atoms with Crippen LogP contribution in [0.25, 0.3) is 11.3 Å². The van der Waals surface area contributed by atoms with Gasteiger partial charge in [0.25, 0.3) is 5.91 Å². The Morgan fingerprint density at radius 2 is 1.88 bits per heavy atom. The minimum Gasteiger partial charge on any atom is -0.387 e. The Kier molecular flexibility index (Phi) is 5.39. The number of aliphatic hydroxyl groups excluding tert-OH is 1. The monoisotopic (exact) mass is 350 g/mol. The number of aryl methyl sites for hydroxylation is 1. The van der Waals surface area contributed by atoms with Gasteiger partial charge in [0.1, 0.15) is 5.82 Å². The second-order valence-electron chi connectivity index (χ2n) is 5.98. The fourth-order valence-corrected chi connectivity index (χ4v) is 2.69. The van der Waals surface area contributed by atoms with Crippen LogP contribution >= 0.6 is 0 Å². The van der Waals surface area contributed by atoms with Gasteiger partial charge in [0, 0.05) is 12.1 Å². The number of aliphatic hydroxyl groups is 1. The second kappa shape index (κ2) is 7.89. The molecule has 3 rings (SSSR count).